The molecule has 0 unspecified atom stereocenters. The zero-order chi connectivity index (χ0) is 13.8. The average Bonchev–Trinajstić information content (AvgIpc) is 2.88. The van der Waals surface area contributed by atoms with Gasteiger partial charge in [-0.25, -0.2) is 15.2 Å². The van der Waals surface area contributed by atoms with Crippen molar-refractivity contribution < 1.29 is 13.9 Å². The van der Waals surface area contributed by atoms with Crippen LogP contribution >= 0.6 is 27.3 Å². The number of carbonyl (C=O) groups excluding carboxylic acids is 1. The number of ether oxygens (including phenoxy) is 1. The van der Waals surface area contributed by atoms with E-state index in [0.717, 1.165) is 11.3 Å². The maximum Gasteiger partial charge on any atom is 0.294 e. The van der Waals surface area contributed by atoms with E-state index < -0.39 is 11.7 Å². The van der Waals surface area contributed by atoms with Gasteiger partial charge < -0.3 is 4.74 Å². The second kappa shape index (κ2) is 6.09. The Morgan fingerprint density at radius 1 is 1.58 bits per heavy atom. The van der Waals surface area contributed by atoms with Crippen LogP contribution in [0.3, 0.4) is 0 Å². The predicted octanol–water partition coefficient (Wildman–Crippen LogP) is 2.23. The van der Waals surface area contributed by atoms with Crippen LogP contribution in [-0.4, -0.2) is 10.9 Å². The first kappa shape index (κ1) is 13.9. The molecule has 19 heavy (non-hydrogen) atoms. The van der Waals surface area contributed by atoms with E-state index in [-0.39, 0.29) is 11.6 Å². The van der Waals surface area contributed by atoms with Gasteiger partial charge in [0.1, 0.15) is 18.2 Å². The van der Waals surface area contributed by atoms with Gasteiger partial charge in [-0.2, -0.15) is 0 Å². The lowest BCUT2D eigenvalue weighted by Gasteiger charge is -2.04. The Hall–Kier alpha value is -1.51. The minimum Gasteiger partial charge on any atom is -0.487 e. The van der Waals surface area contributed by atoms with Gasteiger partial charge in [-0.1, -0.05) is 0 Å². The topological polar surface area (TPSA) is 77.2 Å². The molecule has 8 heteroatoms. The number of nitrogen functional groups attached to an aromatic ring is 1. The monoisotopic (exact) mass is 345 g/mol. The Labute approximate surface area is 120 Å². The van der Waals surface area contributed by atoms with Gasteiger partial charge in [0.2, 0.25) is 0 Å². The number of nitrogens with one attached hydrogen (secondary N) is 1. The number of aromatic nitrogens is 1. The van der Waals surface area contributed by atoms with Crippen LogP contribution in [0.25, 0.3) is 0 Å². The van der Waals surface area contributed by atoms with E-state index in [1.165, 1.54) is 6.07 Å². The summed E-state index contributed by atoms with van der Waals surface area (Å²) >= 11 is 4.21. The molecule has 2 aromatic rings. The van der Waals surface area contributed by atoms with Crippen LogP contribution < -0.4 is 16.0 Å². The normalized spacial score (nSPS) is 10.3. The lowest BCUT2D eigenvalue weighted by molar-refractivity contribution is 0.0953. The highest BCUT2D eigenvalue weighted by molar-refractivity contribution is 9.10. The fourth-order valence-electron chi connectivity index (χ4n) is 1.26. The van der Waals surface area contributed by atoms with Gasteiger partial charge in [0, 0.05) is 11.4 Å². The molecule has 0 aliphatic heterocycles. The molecule has 0 fully saturated rings. The molecule has 1 amide bonds. The SMILES string of the molecule is NNC(=O)c1nc(COc2ccc(Br)c(F)c2)cs1. The minimum atomic E-state index is -0.453. The molecule has 0 saturated carbocycles. The fourth-order valence-corrected chi connectivity index (χ4v) is 2.21. The van der Waals surface area contributed by atoms with Gasteiger partial charge in [0.15, 0.2) is 5.01 Å². The molecule has 0 spiro atoms. The number of rotatable bonds is 4. The first-order chi connectivity index (χ1) is 9.10. The number of amides is 1. The number of benzene rings is 1. The highest BCUT2D eigenvalue weighted by Gasteiger charge is 2.10. The molecule has 1 aromatic heterocycles. The molecule has 0 bridgehead atoms. The van der Waals surface area contributed by atoms with Crippen LogP contribution in [0.4, 0.5) is 4.39 Å². The predicted molar refractivity (Wildman–Crippen MR) is 72.2 cm³/mol. The largest absolute Gasteiger partial charge is 0.487 e. The Morgan fingerprint density at radius 2 is 2.37 bits per heavy atom. The number of hydrogen-bond donors (Lipinski definition) is 2. The van der Waals surface area contributed by atoms with Crippen molar-refractivity contribution in [2.45, 2.75) is 6.61 Å². The second-order valence-corrected chi connectivity index (χ2v) is 5.19. The molecule has 100 valence electrons. The molecule has 0 aliphatic carbocycles. The van der Waals surface area contributed by atoms with Crippen LogP contribution in [0.1, 0.15) is 15.5 Å². The van der Waals surface area contributed by atoms with E-state index >= 15 is 0 Å². The first-order valence-electron chi connectivity index (χ1n) is 5.13. The molecule has 0 radical (unpaired) electrons. The molecule has 0 aliphatic rings. The lowest BCUT2D eigenvalue weighted by Crippen LogP contribution is -2.29. The standard InChI is InChI=1S/C11H9BrFN3O2S/c12-8-2-1-7(3-9(8)13)18-4-6-5-19-11(15-6)10(17)16-14/h1-3,5H,4,14H2,(H,16,17). The van der Waals surface area contributed by atoms with Crippen molar-refractivity contribution in [1.82, 2.24) is 10.4 Å². The van der Waals surface area contributed by atoms with Crippen molar-refractivity contribution in [3.8, 4) is 5.75 Å². The third-order valence-electron chi connectivity index (χ3n) is 2.15. The fraction of sp³-hybridized carbons (Fsp3) is 0.0909. The smallest absolute Gasteiger partial charge is 0.294 e. The molecule has 5 nitrogen and oxygen atoms in total. The molecule has 1 aromatic carbocycles. The summed E-state index contributed by atoms with van der Waals surface area (Å²) < 4.78 is 19.0. The summed E-state index contributed by atoms with van der Waals surface area (Å²) in [6.07, 6.45) is 0. The number of hydrogen-bond acceptors (Lipinski definition) is 5. The van der Waals surface area contributed by atoms with E-state index in [2.05, 4.69) is 20.9 Å². The molecule has 1 heterocycles. The molecule has 0 atom stereocenters. The van der Waals surface area contributed by atoms with Crippen LogP contribution in [-0.2, 0) is 6.61 Å². The summed E-state index contributed by atoms with van der Waals surface area (Å²) in [5.74, 6) is 4.53. The lowest BCUT2D eigenvalue weighted by atomic mass is 10.3. The summed E-state index contributed by atoms with van der Waals surface area (Å²) in [6.45, 7) is 0.148. The van der Waals surface area contributed by atoms with Gasteiger partial charge in [0.05, 0.1) is 10.2 Å². The number of thiazole rings is 1. The van der Waals surface area contributed by atoms with Crippen molar-refractivity contribution >= 4 is 33.2 Å². The number of nitrogens with two attached hydrogens (primary N) is 1. The molecular formula is C11H9BrFN3O2S. The summed E-state index contributed by atoms with van der Waals surface area (Å²) in [5.41, 5.74) is 2.57. The van der Waals surface area contributed by atoms with Crippen LogP contribution in [0.15, 0.2) is 28.1 Å². The summed E-state index contributed by atoms with van der Waals surface area (Å²) in [5, 5.41) is 1.93. The van der Waals surface area contributed by atoms with E-state index in [4.69, 9.17) is 10.6 Å². The zero-order valence-corrected chi connectivity index (χ0v) is 11.9. The zero-order valence-electron chi connectivity index (χ0n) is 9.52. The van der Waals surface area contributed by atoms with Gasteiger partial charge >= 0.3 is 0 Å². The van der Waals surface area contributed by atoms with E-state index in [0.29, 0.717) is 15.9 Å². The van der Waals surface area contributed by atoms with Crippen LogP contribution in [0.5, 0.6) is 5.75 Å². The maximum absolute atomic E-state index is 13.3. The van der Waals surface area contributed by atoms with Gasteiger partial charge in [-0.15, -0.1) is 11.3 Å². The number of hydrazine groups is 1. The molecule has 2 rings (SSSR count). The minimum absolute atomic E-state index is 0.148. The second-order valence-electron chi connectivity index (χ2n) is 3.48. The molecular weight excluding hydrogens is 337 g/mol. The maximum atomic E-state index is 13.3. The third-order valence-corrected chi connectivity index (χ3v) is 3.69. The Morgan fingerprint density at radius 3 is 3.05 bits per heavy atom. The van der Waals surface area contributed by atoms with E-state index in [9.17, 15) is 9.18 Å². The summed E-state index contributed by atoms with van der Waals surface area (Å²) in [7, 11) is 0. The summed E-state index contributed by atoms with van der Waals surface area (Å²) in [4.78, 5) is 15.2. The van der Waals surface area contributed by atoms with Gasteiger partial charge in [-0.05, 0) is 28.1 Å². The van der Waals surface area contributed by atoms with Crippen molar-refractivity contribution in [3.05, 3.63) is 44.6 Å². The van der Waals surface area contributed by atoms with Crippen LogP contribution in [0.2, 0.25) is 0 Å². The number of halogens is 2. The van der Waals surface area contributed by atoms with Gasteiger partial charge in [-0.3, -0.25) is 10.2 Å². The Kier molecular flexibility index (Phi) is 4.46. The van der Waals surface area contributed by atoms with Crippen molar-refractivity contribution in [3.63, 3.8) is 0 Å². The van der Waals surface area contributed by atoms with E-state index in [1.807, 2.05) is 5.43 Å². The first-order valence-corrected chi connectivity index (χ1v) is 6.80. The van der Waals surface area contributed by atoms with Crippen molar-refractivity contribution in [2.24, 2.45) is 5.84 Å². The highest BCUT2D eigenvalue weighted by Crippen LogP contribution is 2.22. The Bertz CT molecular complexity index is 605. The highest BCUT2D eigenvalue weighted by atomic mass is 79.9. The Balaban J connectivity index is 2.00. The van der Waals surface area contributed by atoms with E-state index in [1.54, 1.807) is 17.5 Å². The number of carbonyl (C=O) groups is 1. The number of nitrogens with zero attached hydrogens (tertiary/aromatic N) is 1. The van der Waals surface area contributed by atoms with Gasteiger partial charge in [0.25, 0.3) is 5.91 Å². The van der Waals surface area contributed by atoms with Crippen LogP contribution in [0, 0.1) is 5.82 Å². The average molecular weight is 346 g/mol. The van der Waals surface area contributed by atoms with Crippen molar-refractivity contribution in [2.75, 3.05) is 0 Å². The summed E-state index contributed by atoms with van der Waals surface area (Å²) in [6, 6.07) is 4.45. The third kappa shape index (κ3) is 3.49. The molecule has 0 saturated heterocycles. The quantitative estimate of drug-likeness (QED) is 0.506. The van der Waals surface area contributed by atoms with Crippen molar-refractivity contribution in [1.29, 1.82) is 0 Å². The molecule has 3 N–H and O–H groups in total.